The predicted molar refractivity (Wildman–Crippen MR) is 62.9 cm³/mol. The van der Waals surface area contributed by atoms with Gasteiger partial charge in [0.15, 0.2) is 0 Å². The molecule has 0 aliphatic carbocycles. The highest BCUT2D eigenvalue weighted by Gasteiger charge is 2.20. The lowest BCUT2D eigenvalue weighted by atomic mass is 10.1. The lowest BCUT2D eigenvalue weighted by Gasteiger charge is -2.15. The Morgan fingerprint density at radius 3 is 2.71 bits per heavy atom. The van der Waals surface area contributed by atoms with E-state index in [4.69, 9.17) is 9.15 Å². The van der Waals surface area contributed by atoms with Crippen molar-refractivity contribution in [2.45, 2.75) is 13.0 Å². The Labute approximate surface area is 99.8 Å². The van der Waals surface area contributed by atoms with Crippen LogP contribution in [0.15, 0.2) is 29.1 Å². The molecule has 0 aromatic carbocycles. The summed E-state index contributed by atoms with van der Waals surface area (Å²) in [4.78, 5) is 8.46. The number of nitrogens with zero attached hydrogens (tertiary/aromatic N) is 2. The Bertz CT molecular complexity index is 496. The van der Waals surface area contributed by atoms with Crippen LogP contribution in [-0.2, 0) is 0 Å². The first kappa shape index (κ1) is 11.6. The minimum Gasteiger partial charge on any atom is -0.480 e. The standard InChI is InChI=1S/C12H15N3O2/c1-8-6-9(7-17-8)10(13-2)11-12(16-3)15-5-4-14-11/h4-7,10,13H,1-3H3. The van der Waals surface area contributed by atoms with Gasteiger partial charge >= 0.3 is 0 Å². The van der Waals surface area contributed by atoms with Crippen LogP contribution in [0.25, 0.3) is 0 Å². The van der Waals surface area contributed by atoms with Gasteiger partial charge in [0, 0.05) is 18.0 Å². The van der Waals surface area contributed by atoms with Gasteiger partial charge in [-0.3, -0.25) is 4.98 Å². The van der Waals surface area contributed by atoms with Crippen LogP contribution in [0.5, 0.6) is 5.88 Å². The van der Waals surface area contributed by atoms with Gasteiger partial charge in [-0.15, -0.1) is 0 Å². The second kappa shape index (κ2) is 4.97. The zero-order chi connectivity index (χ0) is 12.3. The highest BCUT2D eigenvalue weighted by Crippen LogP contribution is 2.26. The molecule has 17 heavy (non-hydrogen) atoms. The molecule has 0 amide bonds. The first-order chi connectivity index (χ1) is 8.26. The third-order valence-electron chi connectivity index (χ3n) is 2.53. The Kier molecular flexibility index (Phi) is 3.39. The number of furan rings is 1. The maximum atomic E-state index is 5.31. The highest BCUT2D eigenvalue weighted by molar-refractivity contribution is 5.31. The van der Waals surface area contributed by atoms with Gasteiger partial charge in [-0.25, -0.2) is 4.98 Å². The molecule has 90 valence electrons. The molecule has 0 aliphatic rings. The average molecular weight is 233 g/mol. The smallest absolute Gasteiger partial charge is 0.237 e. The van der Waals surface area contributed by atoms with E-state index >= 15 is 0 Å². The van der Waals surface area contributed by atoms with E-state index in [0.717, 1.165) is 17.0 Å². The van der Waals surface area contributed by atoms with E-state index in [2.05, 4.69) is 15.3 Å². The average Bonchev–Trinajstić information content (AvgIpc) is 2.77. The van der Waals surface area contributed by atoms with Crippen molar-refractivity contribution in [3.05, 3.63) is 41.7 Å². The van der Waals surface area contributed by atoms with Crippen molar-refractivity contribution in [2.75, 3.05) is 14.2 Å². The number of aromatic nitrogens is 2. The van der Waals surface area contributed by atoms with Crippen molar-refractivity contribution in [1.29, 1.82) is 0 Å². The van der Waals surface area contributed by atoms with Crippen LogP contribution in [0.2, 0.25) is 0 Å². The van der Waals surface area contributed by atoms with E-state index < -0.39 is 0 Å². The van der Waals surface area contributed by atoms with E-state index in [9.17, 15) is 0 Å². The molecule has 0 aliphatic heterocycles. The number of hydrogen-bond acceptors (Lipinski definition) is 5. The molecule has 1 unspecified atom stereocenters. The molecule has 0 saturated heterocycles. The summed E-state index contributed by atoms with van der Waals surface area (Å²) >= 11 is 0. The van der Waals surface area contributed by atoms with Gasteiger partial charge in [0.25, 0.3) is 0 Å². The lowest BCUT2D eigenvalue weighted by molar-refractivity contribution is 0.384. The molecular formula is C12H15N3O2. The molecule has 0 saturated carbocycles. The Morgan fingerprint density at radius 1 is 1.35 bits per heavy atom. The number of hydrogen-bond donors (Lipinski definition) is 1. The molecule has 2 rings (SSSR count). The molecule has 2 aromatic rings. The van der Waals surface area contributed by atoms with Gasteiger partial charge in [-0.2, -0.15) is 0 Å². The molecule has 0 fully saturated rings. The topological polar surface area (TPSA) is 60.2 Å². The molecule has 0 spiro atoms. The maximum Gasteiger partial charge on any atom is 0.237 e. The summed E-state index contributed by atoms with van der Waals surface area (Å²) < 4.78 is 10.5. The second-order valence-electron chi connectivity index (χ2n) is 3.66. The summed E-state index contributed by atoms with van der Waals surface area (Å²) in [6, 6.07) is 1.88. The molecule has 2 aromatic heterocycles. The van der Waals surface area contributed by atoms with Gasteiger partial charge in [-0.1, -0.05) is 0 Å². The molecule has 0 radical (unpaired) electrons. The number of ether oxygens (including phenoxy) is 1. The van der Waals surface area contributed by atoms with Gasteiger partial charge in [0.2, 0.25) is 5.88 Å². The zero-order valence-corrected chi connectivity index (χ0v) is 10.1. The van der Waals surface area contributed by atoms with Crippen LogP contribution >= 0.6 is 0 Å². The quantitative estimate of drug-likeness (QED) is 0.870. The van der Waals surface area contributed by atoms with Crippen molar-refractivity contribution >= 4 is 0 Å². The monoisotopic (exact) mass is 233 g/mol. The minimum atomic E-state index is -0.0869. The molecule has 0 bridgehead atoms. The molecule has 5 nitrogen and oxygen atoms in total. The molecular weight excluding hydrogens is 218 g/mol. The number of aryl methyl sites for hydroxylation is 1. The second-order valence-corrected chi connectivity index (χ2v) is 3.66. The first-order valence-electron chi connectivity index (χ1n) is 5.33. The van der Waals surface area contributed by atoms with Gasteiger partial charge in [0.1, 0.15) is 11.5 Å². The van der Waals surface area contributed by atoms with E-state index in [1.54, 1.807) is 25.8 Å². The summed E-state index contributed by atoms with van der Waals surface area (Å²) in [5, 5.41) is 3.18. The maximum absolute atomic E-state index is 5.31. The zero-order valence-electron chi connectivity index (χ0n) is 10.1. The van der Waals surface area contributed by atoms with E-state index in [1.165, 1.54) is 0 Å². The SMILES string of the molecule is CNC(c1coc(C)c1)c1nccnc1OC. The molecule has 1 atom stereocenters. The fourth-order valence-electron chi connectivity index (χ4n) is 1.77. The summed E-state index contributed by atoms with van der Waals surface area (Å²) in [7, 11) is 3.45. The third kappa shape index (κ3) is 2.29. The molecule has 1 N–H and O–H groups in total. The van der Waals surface area contributed by atoms with Crippen molar-refractivity contribution in [1.82, 2.24) is 15.3 Å². The van der Waals surface area contributed by atoms with Crippen LogP contribution in [-0.4, -0.2) is 24.1 Å². The van der Waals surface area contributed by atoms with Gasteiger partial charge in [-0.05, 0) is 20.0 Å². The fourth-order valence-corrected chi connectivity index (χ4v) is 1.77. The highest BCUT2D eigenvalue weighted by atomic mass is 16.5. The summed E-state index contributed by atoms with van der Waals surface area (Å²) in [6.07, 6.45) is 4.97. The normalized spacial score (nSPS) is 12.4. The van der Waals surface area contributed by atoms with Crippen molar-refractivity contribution in [3.63, 3.8) is 0 Å². The van der Waals surface area contributed by atoms with Crippen LogP contribution in [0, 0.1) is 6.92 Å². The van der Waals surface area contributed by atoms with E-state index in [1.807, 2.05) is 20.0 Å². The Balaban J connectivity index is 2.41. The van der Waals surface area contributed by atoms with Crippen LogP contribution < -0.4 is 10.1 Å². The van der Waals surface area contributed by atoms with E-state index in [0.29, 0.717) is 5.88 Å². The largest absolute Gasteiger partial charge is 0.480 e. The van der Waals surface area contributed by atoms with Crippen molar-refractivity contribution in [2.24, 2.45) is 0 Å². The van der Waals surface area contributed by atoms with Crippen LogP contribution in [0.3, 0.4) is 0 Å². The van der Waals surface area contributed by atoms with Crippen molar-refractivity contribution in [3.8, 4) is 5.88 Å². The van der Waals surface area contributed by atoms with Crippen LogP contribution in [0.1, 0.15) is 23.1 Å². The van der Waals surface area contributed by atoms with Crippen molar-refractivity contribution < 1.29 is 9.15 Å². The first-order valence-corrected chi connectivity index (χ1v) is 5.33. The predicted octanol–water partition coefficient (Wildman–Crippen LogP) is 1.70. The third-order valence-corrected chi connectivity index (χ3v) is 2.53. The molecule has 5 heteroatoms. The van der Waals surface area contributed by atoms with E-state index in [-0.39, 0.29) is 6.04 Å². The number of rotatable bonds is 4. The van der Waals surface area contributed by atoms with Gasteiger partial charge < -0.3 is 14.5 Å². The lowest BCUT2D eigenvalue weighted by Crippen LogP contribution is -2.19. The minimum absolute atomic E-state index is 0.0869. The summed E-state index contributed by atoms with van der Waals surface area (Å²) in [5.74, 6) is 1.38. The fraction of sp³-hybridized carbons (Fsp3) is 0.333. The Morgan fingerprint density at radius 2 is 2.12 bits per heavy atom. The molecule has 2 heterocycles. The van der Waals surface area contributed by atoms with Gasteiger partial charge in [0.05, 0.1) is 19.4 Å². The summed E-state index contributed by atoms with van der Waals surface area (Å²) in [5.41, 5.74) is 1.75. The van der Waals surface area contributed by atoms with Crippen LogP contribution in [0.4, 0.5) is 0 Å². The number of methoxy groups -OCH3 is 1. The Hall–Kier alpha value is -1.88. The summed E-state index contributed by atoms with van der Waals surface area (Å²) in [6.45, 7) is 1.91. The number of nitrogens with one attached hydrogen (secondary N) is 1.